The first kappa shape index (κ1) is 16.4. The normalized spacial score (nSPS) is 18.0. The molecule has 5 nitrogen and oxygen atoms in total. The van der Waals surface area contributed by atoms with Gasteiger partial charge in [-0.1, -0.05) is 6.58 Å². The molecule has 1 aliphatic heterocycles. The Morgan fingerprint density at radius 1 is 1.46 bits per heavy atom. The van der Waals surface area contributed by atoms with Crippen molar-refractivity contribution in [3.8, 4) is 0 Å². The van der Waals surface area contributed by atoms with Crippen LogP contribution >= 0.6 is 0 Å². The number of nitrogens with one attached hydrogen (secondary N) is 1. The van der Waals surface area contributed by atoms with Crippen LogP contribution in [0, 0.1) is 6.92 Å². The molecule has 0 bridgehead atoms. The third-order valence-corrected chi connectivity index (χ3v) is 4.34. The van der Waals surface area contributed by atoms with Crippen LogP contribution in [-0.2, 0) is 11.8 Å². The third kappa shape index (κ3) is 2.98. The first-order valence-corrected chi connectivity index (χ1v) is 7.88. The summed E-state index contributed by atoms with van der Waals surface area (Å²) >= 11 is 0. The summed E-state index contributed by atoms with van der Waals surface area (Å²) in [7, 11) is 1.88. The van der Waals surface area contributed by atoms with E-state index >= 15 is 0 Å². The molecule has 1 saturated heterocycles. The van der Waals surface area contributed by atoms with Crippen molar-refractivity contribution >= 4 is 28.6 Å². The number of fused-ring (bicyclic) bond motifs is 1. The van der Waals surface area contributed by atoms with Gasteiger partial charge >= 0.3 is 0 Å². The number of alkyl halides is 1. The number of carbonyl (C=O) groups excluding carboxylic acids is 1. The van der Waals surface area contributed by atoms with Crippen molar-refractivity contribution in [2.24, 2.45) is 7.05 Å². The number of benzene rings is 1. The van der Waals surface area contributed by atoms with Gasteiger partial charge < -0.3 is 14.8 Å². The minimum atomic E-state index is -1.04. The maximum Gasteiger partial charge on any atom is 0.283 e. The molecular formula is C17H20F2N4O. The summed E-state index contributed by atoms with van der Waals surface area (Å²) in [6.45, 7) is 5.91. The highest BCUT2D eigenvalue weighted by molar-refractivity contribution is 6.03. The van der Waals surface area contributed by atoms with Gasteiger partial charge in [0.25, 0.3) is 5.91 Å². The topological polar surface area (TPSA) is 50.2 Å². The predicted molar refractivity (Wildman–Crippen MR) is 90.7 cm³/mol. The van der Waals surface area contributed by atoms with Crippen LogP contribution in [0.4, 0.5) is 20.4 Å². The summed E-state index contributed by atoms with van der Waals surface area (Å²) in [5.74, 6) is -1.21. The van der Waals surface area contributed by atoms with Crippen LogP contribution in [0.1, 0.15) is 18.4 Å². The number of hydrogen-bond donors (Lipinski definition) is 1. The molecular weight excluding hydrogens is 314 g/mol. The molecule has 1 aromatic carbocycles. The van der Waals surface area contributed by atoms with E-state index in [0.717, 1.165) is 24.0 Å². The van der Waals surface area contributed by atoms with Crippen molar-refractivity contribution in [2.45, 2.75) is 25.9 Å². The molecule has 1 atom stereocenters. The highest BCUT2D eigenvalue weighted by Crippen LogP contribution is 2.29. The summed E-state index contributed by atoms with van der Waals surface area (Å²) in [6.07, 6.45) is 0.539. The van der Waals surface area contributed by atoms with Crippen molar-refractivity contribution in [1.29, 1.82) is 0 Å². The van der Waals surface area contributed by atoms with Gasteiger partial charge in [0.2, 0.25) is 5.95 Å². The van der Waals surface area contributed by atoms with Gasteiger partial charge in [-0.2, -0.15) is 0 Å². The molecule has 1 aliphatic rings. The molecule has 0 spiro atoms. The van der Waals surface area contributed by atoms with Crippen LogP contribution in [0.15, 0.2) is 24.5 Å². The zero-order chi connectivity index (χ0) is 17.4. The molecule has 128 valence electrons. The van der Waals surface area contributed by atoms with Gasteiger partial charge in [0.05, 0.1) is 17.6 Å². The van der Waals surface area contributed by atoms with E-state index in [1.165, 1.54) is 0 Å². The second kappa shape index (κ2) is 6.22. The van der Waals surface area contributed by atoms with Gasteiger partial charge in [-0.05, 0) is 37.5 Å². The Kier molecular flexibility index (Phi) is 4.26. The van der Waals surface area contributed by atoms with Gasteiger partial charge in [-0.25, -0.2) is 13.8 Å². The Balaban J connectivity index is 1.98. The Morgan fingerprint density at radius 2 is 2.21 bits per heavy atom. The highest BCUT2D eigenvalue weighted by Gasteiger charge is 2.23. The summed E-state index contributed by atoms with van der Waals surface area (Å²) < 4.78 is 28.5. The molecule has 0 saturated carbocycles. The number of anilines is 2. The number of aryl methyl sites for hydroxylation is 2. The van der Waals surface area contributed by atoms with E-state index in [2.05, 4.69) is 16.9 Å². The monoisotopic (exact) mass is 334 g/mol. The number of hydrogen-bond acceptors (Lipinski definition) is 3. The summed E-state index contributed by atoms with van der Waals surface area (Å²) in [5, 5.41) is 2.48. The van der Waals surface area contributed by atoms with Crippen LogP contribution in [0.25, 0.3) is 11.0 Å². The zero-order valence-electron chi connectivity index (χ0n) is 13.8. The van der Waals surface area contributed by atoms with E-state index in [0.29, 0.717) is 30.1 Å². The lowest BCUT2D eigenvalue weighted by Gasteiger charge is -2.29. The first-order chi connectivity index (χ1) is 11.4. The van der Waals surface area contributed by atoms with Gasteiger partial charge in [0, 0.05) is 19.3 Å². The molecule has 1 unspecified atom stereocenters. The zero-order valence-corrected chi connectivity index (χ0v) is 13.8. The van der Waals surface area contributed by atoms with E-state index in [9.17, 15) is 13.6 Å². The molecule has 1 N–H and O–H groups in total. The lowest BCUT2D eigenvalue weighted by atomic mass is 10.1. The van der Waals surface area contributed by atoms with E-state index in [4.69, 9.17) is 0 Å². The largest absolute Gasteiger partial charge is 0.339 e. The van der Waals surface area contributed by atoms with E-state index in [1.807, 2.05) is 29.5 Å². The number of halogens is 2. The third-order valence-electron chi connectivity index (χ3n) is 4.34. The summed E-state index contributed by atoms with van der Waals surface area (Å²) in [4.78, 5) is 18.0. The molecule has 3 rings (SSSR count). The predicted octanol–water partition coefficient (Wildman–Crippen LogP) is 3.24. The minimum absolute atomic E-state index is 0.335. The number of imidazole rings is 1. The molecule has 24 heavy (non-hydrogen) atoms. The lowest BCUT2D eigenvalue weighted by molar-refractivity contribution is -0.114. The highest BCUT2D eigenvalue weighted by atomic mass is 19.1. The van der Waals surface area contributed by atoms with Crippen LogP contribution in [0.5, 0.6) is 0 Å². The first-order valence-electron chi connectivity index (χ1n) is 7.88. The van der Waals surface area contributed by atoms with Crippen LogP contribution in [-0.4, -0.2) is 34.7 Å². The van der Waals surface area contributed by atoms with Gasteiger partial charge in [0.15, 0.2) is 5.83 Å². The fraction of sp³-hybridized carbons (Fsp3) is 0.412. The quantitative estimate of drug-likeness (QED) is 0.877. The average Bonchev–Trinajstić information content (AvgIpc) is 2.84. The SMILES string of the molecule is C=C(F)C(=O)Nc1cc2nc(N3CCCC(F)C3)n(C)c2cc1C. The maximum atomic E-state index is 13.7. The van der Waals surface area contributed by atoms with E-state index in [-0.39, 0.29) is 0 Å². The van der Waals surface area contributed by atoms with Crippen LogP contribution in [0.2, 0.25) is 0 Å². The van der Waals surface area contributed by atoms with Gasteiger partial charge in [-0.15, -0.1) is 0 Å². The Hall–Kier alpha value is -2.44. The second-order valence-electron chi connectivity index (χ2n) is 6.17. The molecule has 2 aromatic rings. The van der Waals surface area contributed by atoms with Gasteiger partial charge in [0.1, 0.15) is 6.17 Å². The molecule has 2 heterocycles. The number of amides is 1. The number of nitrogens with zero attached hydrogens (tertiary/aromatic N) is 3. The number of rotatable bonds is 3. The lowest BCUT2D eigenvalue weighted by Crippen LogP contribution is -2.37. The fourth-order valence-electron chi connectivity index (χ4n) is 3.04. The molecule has 1 amide bonds. The Labute approximate surface area is 139 Å². The minimum Gasteiger partial charge on any atom is -0.339 e. The number of aromatic nitrogens is 2. The molecule has 0 radical (unpaired) electrons. The molecule has 7 heteroatoms. The van der Waals surface area contributed by atoms with Crippen LogP contribution < -0.4 is 10.2 Å². The standard InChI is InChI=1S/C17H20F2N4O/c1-10-7-15-14(8-13(10)20-16(24)11(2)18)21-17(22(15)3)23-6-4-5-12(19)9-23/h7-8,12H,2,4-6,9H2,1,3H3,(H,20,24). The van der Waals surface area contributed by atoms with Crippen molar-refractivity contribution in [2.75, 3.05) is 23.3 Å². The Bertz CT molecular complexity index is 815. The van der Waals surface area contributed by atoms with Crippen molar-refractivity contribution in [1.82, 2.24) is 9.55 Å². The second-order valence-corrected chi connectivity index (χ2v) is 6.17. The van der Waals surface area contributed by atoms with Crippen molar-refractivity contribution < 1.29 is 13.6 Å². The van der Waals surface area contributed by atoms with Crippen molar-refractivity contribution in [3.05, 3.63) is 30.1 Å². The molecule has 1 aromatic heterocycles. The average molecular weight is 334 g/mol. The van der Waals surface area contributed by atoms with E-state index in [1.54, 1.807) is 6.07 Å². The number of carbonyl (C=O) groups is 1. The maximum absolute atomic E-state index is 13.7. The molecule has 1 fully saturated rings. The number of piperidine rings is 1. The van der Waals surface area contributed by atoms with E-state index < -0.39 is 17.9 Å². The van der Waals surface area contributed by atoms with Gasteiger partial charge in [-0.3, -0.25) is 4.79 Å². The fourth-order valence-corrected chi connectivity index (χ4v) is 3.04. The van der Waals surface area contributed by atoms with Crippen molar-refractivity contribution in [3.63, 3.8) is 0 Å². The smallest absolute Gasteiger partial charge is 0.283 e. The molecule has 0 aliphatic carbocycles. The summed E-state index contributed by atoms with van der Waals surface area (Å²) in [5.41, 5.74) is 2.81. The Morgan fingerprint density at radius 3 is 2.88 bits per heavy atom. The van der Waals surface area contributed by atoms with Crippen LogP contribution in [0.3, 0.4) is 0 Å². The summed E-state index contributed by atoms with van der Waals surface area (Å²) in [6, 6.07) is 3.57.